The summed E-state index contributed by atoms with van der Waals surface area (Å²) < 4.78 is 41.2. The van der Waals surface area contributed by atoms with Crippen molar-refractivity contribution in [3.8, 4) is 0 Å². The van der Waals surface area contributed by atoms with Crippen LogP contribution in [-0.2, 0) is 24.1 Å². The van der Waals surface area contributed by atoms with Crippen molar-refractivity contribution in [1.82, 2.24) is 10.2 Å². The molecule has 0 atom stereocenters. The van der Waals surface area contributed by atoms with E-state index in [2.05, 4.69) is 73.0 Å². The van der Waals surface area contributed by atoms with E-state index in [1.54, 1.807) is 6.07 Å². The summed E-state index contributed by atoms with van der Waals surface area (Å²) in [5, 5.41) is 2.70. The van der Waals surface area contributed by atoms with E-state index in [9.17, 15) is 18.0 Å². The SMILES string of the molecule is O=C(NCc1ccc(Br)cc1C(F)(F)F)C1CCN(Cc2ccc(I)cc2)CC1. The third kappa shape index (κ3) is 6.42. The smallest absolute Gasteiger partial charge is 0.352 e. The van der Waals surface area contributed by atoms with Crippen molar-refractivity contribution < 1.29 is 18.0 Å². The molecule has 2 aromatic rings. The van der Waals surface area contributed by atoms with E-state index in [4.69, 9.17) is 0 Å². The highest BCUT2D eigenvalue weighted by Gasteiger charge is 2.33. The number of hydrogen-bond acceptors (Lipinski definition) is 2. The van der Waals surface area contributed by atoms with Gasteiger partial charge in [-0.1, -0.05) is 34.1 Å². The first-order valence-electron chi connectivity index (χ1n) is 9.32. The van der Waals surface area contributed by atoms with Gasteiger partial charge >= 0.3 is 6.18 Å². The molecule has 1 aliphatic heterocycles. The Hall–Kier alpha value is -1.13. The Morgan fingerprint density at radius 2 is 1.79 bits per heavy atom. The van der Waals surface area contributed by atoms with Gasteiger partial charge in [0.05, 0.1) is 5.56 Å². The van der Waals surface area contributed by atoms with Crippen molar-refractivity contribution in [3.05, 3.63) is 67.2 Å². The standard InChI is InChI=1S/C21H21BrF3IN2O/c22-17-4-3-16(19(11-17)21(23,24)25)12-27-20(29)15-7-9-28(10-8-15)13-14-1-5-18(26)6-2-14/h1-6,11,15H,7-10,12-13H2,(H,27,29). The molecule has 0 aromatic heterocycles. The first-order valence-corrected chi connectivity index (χ1v) is 11.2. The van der Waals surface area contributed by atoms with Gasteiger partial charge in [0.25, 0.3) is 0 Å². The topological polar surface area (TPSA) is 32.3 Å². The van der Waals surface area contributed by atoms with Crippen LogP contribution >= 0.6 is 38.5 Å². The van der Waals surface area contributed by atoms with Gasteiger partial charge in [0.1, 0.15) is 0 Å². The van der Waals surface area contributed by atoms with E-state index < -0.39 is 11.7 Å². The van der Waals surface area contributed by atoms with E-state index in [0.29, 0.717) is 17.3 Å². The average Bonchev–Trinajstić information content (AvgIpc) is 2.68. The predicted octanol–water partition coefficient (Wildman–Crippen LogP) is 5.60. The lowest BCUT2D eigenvalue weighted by molar-refractivity contribution is -0.138. The number of benzene rings is 2. The Morgan fingerprint density at radius 1 is 1.14 bits per heavy atom. The summed E-state index contributed by atoms with van der Waals surface area (Å²) in [6.45, 7) is 2.33. The quantitative estimate of drug-likeness (QED) is 0.467. The number of carbonyl (C=O) groups is 1. The fourth-order valence-electron chi connectivity index (χ4n) is 3.49. The lowest BCUT2D eigenvalue weighted by Crippen LogP contribution is -2.40. The maximum atomic E-state index is 13.2. The lowest BCUT2D eigenvalue weighted by Gasteiger charge is -2.31. The van der Waals surface area contributed by atoms with Gasteiger partial charge in [0.15, 0.2) is 0 Å². The van der Waals surface area contributed by atoms with Crippen LogP contribution in [-0.4, -0.2) is 23.9 Å². The molecule has 3 nitrogen and oxygen atoms in total. The zero-order valence-electron chi connectivity index (χ0n) is 15.6. The van der Waals surface area contributed by atoms with Crippen molar-refractivity contribution in [2.45, 2.75) is 32.1 Å². The first kappa shape index (κ1) is 22.6. The highest BCUT2D eigenvalue weighted by molar-refractivity contribution is 14.1. The number of alkyl halides is 3. The van der Waals surface area contributed by atoms with Crippen LogP contribution < -0.4 is 5.32 Å². The largest absolute Gasteiger partial charge is 0.416 e. The minimum Gasteiger partial charge on any atom is -0.352 e. The van der Waals surface area contributed by atoms with Gasteiger partial charge in [-0.3, -0.25) is 9.69 Å². The zero-order chi connectivity index (χ0) is 21.0. The summed E-state index contributed by atoms with van der Waals surface area (Å²) >= 11 is 5.35. The second-order valence-corrected chi connectivity index (χ2v) is 9.36. The van der Waals surface area contributed by atoms with Crippen molar-refractivity contribution in [1.29, 1.82) is 0 Å². The zero-order valence-corrected chi connectivity index (χ0v) is 19.4. The van der Waals surface area contributed by atoms with Crippen molar-refractivity contribution >= 4 is 44.4 Å². The minimum absolute atomic E-state index is 0.0743. The Bertz CT molecular complexity index is 850. The first-order chi connectivity index (χ1) is 13.7. The maximum Gasteiger partial charge on any atom is 0.416 e. The van der Waals surface area contributed by atoms with Crippen LogP contribution in [0.15, 0.2) is 46.9 Å². The van der Waals surface area contributed by atoms with Crippen LogP contribution in [0.3, 0.4) is 0 Å². The molecule has 29 heavy (non-hydrogen) atoms. The number of hydrogen-bond donors (Lipinski definition) is 1. The minimum atomic E-state index is -4.45. The monoisotopic (exact) mass is 580 g/mol. The van der Waals surface area contributed by atoms with Crippen molar-refractivity contribution in [2.75, 3.05) is 13.1 Å². The third-order valence-corrected chi connectivity index (χ3v) is 6.32. The lowest BCUT2D eigenvalue weighted by atomic mass is 9.95. The molecule has 0 saturated carbocycles. The molecule has 8 heteroatoms. The van der Waals surface area contributed by atoms with E-state index in [-0.39, 0.29) is 23.9 Å². The Labute approximate surface area is 190 Å². The number of halogens is 5. The molecule has 156 valence electrons. The third-order valence-electron chi connectivity index (χ3n) is 5.11. The predicted molar refractivity (Wildman–Crippen MR) is 118 cm³/mol. The Balaban J connectivity index is 1.51. The summed E-state index contributed by atoms with van der Waals surface area (Å²) in [6.07, 6.45) is -3.03. The molecule has 0 bridgehead atoms. The van der Waals surface area contributed by atoms with Crippen LogP contribution in [0, 0.1) is 9.49 Å². The van der Waals surface area contributed by atoms with Crippen molar-refractivity contribution in [3.63, 3.8) is 0 Å². The summed E-state index contributed by atoms with van der Waals surface area (Å²) in [5.41, 5.74) is 0.591. The van der Waals surface area contributed by atoms with E-state index in [1.165, 1.54) is 15.2 Å². The average molecular weight is 581 g/mol. The molecule has 2 aromatic carbocycles. The number of likely N-dealkylation sites (tertiary alicyclic amines) is 1. The fourth-order valence-corrected chi connectivity index (χ4v) is 4.22. The van der Waals surface area contributed by atoms with Crippen LogP contribution in [0.5, 0.6) is 0 Å². The molecule has 0 spiro atoms. The van der Waals surface area contributed by atoms with Crippen LogP contribution in [0.4, 0.5) is 13.2 Å². The molecule has 1 saturated heterocycles. The fraction of sp³-hybridized carbons (Fsp3) is 0.381. The van der Waals surface area contributed by atoms with Gasteiger partial charge in [0, 0.05) is 27.1 Å². The van der Waals surface area contributed by atoms with Gasteiger partial charge in [-0.15, -0.1) is 0 Å². The number of carbonyl (C=O) groups excluding carboxylic acids is 1. The van der Waals surface area contributed by atoms with E-state index in [1.807, 2.05) is 0 Å². The molecule has 1 heterocycles. The summed E-state index contributed by atoms with van der Waals surface area (Å²) in [7, 11) is 0. The molecule has 1 N–H and O–H groups in total. The molecular formula is C21H21BrF3IN2O. The molecule has 0 aliphatic carbocycles. The van der Waals surface area contributed by atoms with Crippen molar-refractivity contribution in [2.24, 2.45) is 5.92 Å². The van der Waals surface area contributed by atoms with Gasteiger partial charge in [-0.2, -0.15) is 13.2 Å². The van der Waals surface area contributed by atoms with Crippen LogP contribution in [0.1, 0.15) is 29.5 Å². The van der Waals surface area contributed by atoms with Crippen LogP contribution in [0.2, 0.25) is 0 Å². The second-order valence-electron chi connectivity index (χ2n) is 7.19. The highest BCUT2D eigenvalue weighted by atomic mass is 127. The highest BCUT2D eigenvalue weighted by Crippen LogP contribution is 2.34. The number of rotatable bonds is 5. The molecule has 1 fully saturated rings. The Kier molecular flexibility index (Phi) is 7.61. The molecule has 1 aliphatic rings. The molecule has 3 rings (SSSR count). The summed E-state index contributed by atoms with van der Waals surface area (Å²) in [6, 6.07) is 12.4. The molecule has 0 unspecified atom stereocenters. The van der Waals surface area contributed by atoms with E-state index >= 15 is 0 Å². The van der Waals surface area contributed by atoms with Gasteiger partial charge in [-0.25, -0.2) is 0 Å². The van der Waals surface area contributed by atoms with E-state index in [0.717, 1.165) is 25.7 Å². The summed E-state index contributed by atoms with van der Waals surface area (Å²) in [5.74, 6) is -0.331. The molecule has 1 amide bonds. The van der Waals surface area contributed by atoms with Gasteiger partial charge < -0.3 is 5.32 Å². The Morgan fingerprint density at radius 3 is 2.41 bits per heavy atom. The molecular weight excluding hydrogens is 560 g/mol. The maximum absolute atomic E-state index is 13.2. The van der Waals surface area contributed by atoms with Gasteiger partial charge in [0.2, 0.25) is 5.91 Å². The number of piperidine rings is 1. The molecule has 0 radical (unpaired) electrons. The summed E-state index contributed by atoms with van der Waals surface area (Å²) in [4.78, 5) is 14.8. The number of amides is 1. The van der Waals surface area contributed by atoms with Crippen LogP contribution in [0.25, 0.3) is 0 Å². The number of nitrogens with zero attached hydrogens (tertiary/aromatic N) is 1. The van der Waals surface area contributed by atoms with Gasteiger partial charge in [-0.05, 0) is 83.9 Å². The number of nitrogens with one attached hydrogen (secondary N) is 1. The second kappa shape index (κ2) is 9.78. The normalized spacial score (nSPS) is 16.0.